The Balaban J connectivity index is 1.59. The standard InChI is InChI=1S/C20H20ClFN6O3/c1-27-5-4-16(26-27)18-15(21)11-23-20(25-18)24-13-2-3-14(17(10-13)31-12-22)19(29)28-6-8-30-9-7-28/h2-5,10-11H,6-9,12H2,1H3,(H,23,24,25). The molecule has 2 aromatic heterocycles. The summed E-state index contributed by atoms with van der Waals surface area (Å²) in [6, 6.07) is 6.58. The number of anilines is 2. The number of nitrogens with one attached hydrogen (secondary N) is 1. The van der Waals surface area contributed by atoms with E-state index in [9.17, 15) is 9.18 Å². The number of hydrogen-bond donors (Lipinski definition) is 1. The van der Waals surface area contributed by atoms with Crippen LogP contribution in [0.4, 0.5) is 16.0 Å². The molecule has 0 saturated carbocycles. The van der Waals surface area contributed by atoms with Crippen LogP contribution in [0.3, 0.4) is 0 Å². The van der Waals surface area contributed by atoms with Gasteiger partial charge in [0.1, 0.15) is 17.1 Å². The smallest absolute Gasteiger partial charge is 0.257 e. The lowest BCUT2D eigenvalue weighted by Gasteiger charge is -2.27. The minimum absolute atomic E-state index is 0.128. The number of ether oxygens (including phenoxy) is 2. The summed E-state index contributed by atoms with van der Waals surface area (Å²) < 4.78 is 25.0. The largest absolute Gasteiger partial charge is 0.462 e. The van der Waals surface area contributed by atoms with E-state index < -0.39 is 6.86 Å². The van der Waals surface area contributed by atoms with Crippen molar-refractivity contribution >= 4 is 29.1 Å². The molecule has 1 aliphatic heterocycles. The number of carbonyl (C=O) groups is 1. The van der Waals surface area contributed by atoms with Crippen molar-refractivity contribution in [2.75, 3.05) is 38.5 Å². The number of amides is 1. The molecule has 0 aliphatic carbocycles. The van der Waals surface area contributed by atoms with E-state index >= 15 is 0 Å². The molecule has 0 spiro atoms. The molecule has 0 radical (unpaired) electrons. The maximum absolute atomic E-state index is 13.0. The van der Waals surface area contributed by atoms with Gasteiger partial charge >= 0.3 is 0 Å². The molecule has 0 bridgehead atoms. The van der Waals surface area contributed by atoms with Crippen molar-refractivity contribution in [2.24, 2.45) is 7.05 Å². The van der Waals surface area contributed by atoms with Crippen molar-refractivity contribution in [2.45, 2.75) is 0 Å². The minimum atomic E-state index is -1.06. The van der Waals surface area contributed by atoms with Crippen LogP contribution in [-0.2, 0) is 11.8 Å². The first kappa shape index (κ1) is 21.0. The third-order valence-corrected chi connectivity index (χ3v) is 4.95. The summed E-state index contributed by atoms with van der Waals surface area (Å²) >= 11 is 6.22. The number of hydrogen-bond acceptors (Lipinski definition) is 7. The summed E-state index contributed by atoms with van der Waals surface area (Å²) in [6.07, 6.45) is 3.25. The molecule has 0 atom stereocenters. The van der Waals surface area contributed by atoms with E-state index in [-0.39, 0.29) is 23.2 Å². The highest BCUT2D eigenvalue weighted by molar-refractivity contribution is 6.32. The molecule has 3 aromatic rings. The van der Waals surface area contributed by atoms with E-state index in [1.807, 2.05) is 0 Å². The number of nitrogens with zero attached hydrogens (tertiary/aromatic N) is 5. The Morgan fingerprint density at radius 3 is 2.84 bits per heavy atom. The van der Waals surface area contributed by atoms with Gasteiger partial charge in [-0.15, -0.1) is 0 Å². The van der Waals surface area contributed by atoms with Crippen molar-refractivity contribution in [3.8, 4) is 17.1 Å². The zero-order valence-corrected chi connectivity index (χ0v) is 17.5. The predicted octanol–water partition coefficient (Wildman–Crippen LogP) is 3.05. The molecular weight excluding hydrogens is 427 g/mol. The highest BCUT2D eigenvalue weighted by Gasteiger charge is 2.22. The first-order chi connectivity index (χ1) is 15.0. The second-order valence-corrected chi connectivity index (χ2v) is 7.17. The molecule has 1 amide bonds. The van der Waals surface area contributed by atoms with Crippen LogP contribution in [-0.4, -0.2) is 63.7 Å². The van der Waals surface area contributed by atoms with Gasteiger partial charge in [0.2, 0.25) is 12.8 Å². The molecule has 1 saturated heterocycles. The van der Waals surface area contributed by atoms with Gasteiger partial charge in [-0.25, -0.2) is 14.4 Å². The third-order valence-electron chi connectivity index (χ3n) is 4.68. The van der Waals surface area contributed by atoms with Gasteiger partial charge in [-0.1, -0.05) is 11.6 Å². The first-order valence-electron chi connectivity index (χ1n) is 9.54. The second kappa shape index (κ2) is 9.27. The third kappa shape index (κ3) is 4.75. The zero-order chi connectivity index (χ0) is 21.8. The fourth-order valence-electron chi connectivity index (χ4n) is 3.17. The molecule has 1 fully saturated rings. The molecule has 1 aromatic carbocycles. The number of morpholine rings is 1. The van der Waals surface area contributed by atoms with Crippen molar-refractivity contribution in [3.05, 3.63) is 47.2 Å². The van der Waals surface area contributed by atoms with Crippen LogP contribution in [0.25, 0.3) is 11.4 Å². The van der Waals surface area contributed by atoms with Crippen molar-refractivity contribution in [1.82, 2.24) is 24.6 Å². The Kier molecular flexibility index (Phi) is 6.28. The summed E-state index contributed by atoms with van der Waals surface area (Å²) in [7, 11) is 1.80. The van der Waals surface area contributed by atoms with Crippen LogP contribution in [0.15, 0.2) is 36.7 Å². The van der Waals surface area contributed by atoms with E-state index in [4.69, 9.17) is 21.1 Å². The van der Waals surface area contributed by atoms with Crippen molar-refractivity contribution in [3.63, 3.8) is 0 Å². The van der Waals surface area contributed by atoms with Crippen molar-refractivity contribution in [1.29, 1.82) is 0 Å². The molecule has 31 heavy (non-hydrogen) atoms. The molecule has 162 valence electrons. The lowest BCUT2D eigenvalue weighted by Crippen LogP contribution is -2.40. The van der Waals surface area contributed by atoms with Gasteiger partial charge < -0.3 is 19.7 Å². The molecule has 4 rings (SSSR count). The minimum Gasteiger partial charge on any atom is -0.462 e. The van der Waals surface area contributed by atoms with Crippen LogP contribution in [0, 0.1) is 0 Å². The van der Waals surface area contributed by atoms with Gasteiger partial charge in [-0.05, 0) is 18.2 Å². The summed E-state index contributed by atoms with van der Waals surface area (Å²) in [5, 5.41) is 7.69. The van der Waals surface area contributed by atoms with Gasteiger partial charge in [0, 0.05) is 38.1 Å². The monoisotopic (exact) mass is 446 g/mol. The maximum atomic E-state index is 13.0. The Bertz CT molecular complexity index is 1090. The lowest BCUT2D eigenvalue weighted by atomic mass is 10.1. The Hall–Kier alpha value is -3.24. The van der Waals surface area contributed by atoms with Crippen LogP contribution in [0.1, 0.15) is 10.4 Å². The number of halogens is 2. The summed E-state index contributed by atoms with van der Waals surface area (Å²) in [6.45, 7) is 0.828. The summed E-state index contributed by atoms with van der Waals surface area (Å²) in [4.78, 5) is 23.1. The maximum Gasteiger partial charge on any atom is 0.257 e. The molecular formula is C20H20ClFN6O3. The fourth-order valence-corrected chi connectivity index (χ4v) is 3.36. The lowest BCUT2D eigenvalue weighted by molar-refractivity contribution is 0.0299. The van der Waals surface area contributed by atoms with Gasteiger partial charge in [-0.2, -0.15) is 5.10 Å². The van der Waals surface area contributed by atoms with Gasteiger partial charge in [0.15, 0.2) is 0 Å². The quantitative estimate of drug-likeness (QED) is 0.621. The highest BCUT2D eigenvalue weighted by atomic mass is 35.5. The van der Waals surface area contributed by atoms with E-state index in [1.54, 1.807) is 41.0 Å². The average molecular weight is 447 g/mol. The summed E-state index contributed by atoms with van der Waals surface area (Å²) in [5.41, 5.74) is 1.87. The fraction of sp³-hybridized carbons (Fsp3) is 0.300. The van der Waals surface area contributed by atoms with Crippen LogP contribution in [0.2, 0.25) is 5.02 Å². The number of aromatic nitrogens is 4. The van der Waals surface area contributed by atoms with Gasteiger partial charge in [-0.3, -0.25) is 9.48 Å². The Morgan fingerprint density at radius 2 is 2.13 bits per heavy atom. The predicted molar refractivity (Wildman–Crippen MR) is 112 cm³/mol. The van der Waals surface area contributed by atoms with Gasteiger partial charge in [0.05, 0.1) is 30.0 Å². The van der Waals surface area contributed by atoms with Gasteiger partial charge in [0.25, 0.3) is 5.91 Å². The van der Waals surface area contributed by atoms with Crippen LogP contribution < -0.4 is 10.1 Å². The highest BCUT2D eigenvalue weighted by Crippen LogP contribution is 2.29. The molecule has 3 heterocycles. The summed E-state index contributed by atoms with van der Waals surface area (Å²) in [5.74, 6) is 0.157. The van der Waals surface area contributed by atoms with E-state index in [0.717, 1.165) is 0 Å². The second-order valence-electron chi connectivity index (χ2n) is 6.76. The number of rotatable bonds is 6. The normalized spacial score (nSPS) is 13.8. The Labute approximate surface area is 182 Å². The zero-order valence-electron chi connectivity index (χ0n) is 16.7. The number of carbonyl (C=O) groups excluding carboxylic acids is 1. The number of aryl methyl sites for hydroxylation is 1. The molecule has 1 aliphatic rings. The molecule has 0 unspecified atom stereocenters. The molecule has 1 N–H and O–H groups in total. The topological polar surface area (TPSA) is 94.4 Å². The molecule has 11 heteroatoms. The molecule has 9 nitrogen and oxygen atoms in total. The SMILES string of the molecule is Cn1ccc(-c2nc(Nc3ccc(C(=O)N4CCOCC4)c(OCF)c3)ncc2Cl)n1. The number of alkyl halides is 1. The van der Waals surface area contributed by atoms with E-state index in [0.29, 0.717) is 48.4 Å². The Morgan fingerprint density at radius 1 is 1.32 bits per heavy atom. The van der Waals surface area contributed by atoms with E-state index in [2.05, 4.69) is 20.4 Å². The first-order valence-corrected chi connectivity index (χ1v) is 9.92. The number of benzene rings is 1. The van der Waals surface area contributed by atoms with E-state index in [1.165, 1.54) is 12.3 Å². The van der Waals surface area contributed by atoms with Crippen molar-refractivity contribution < 1.29 is 18.7 Å². The van der Waals surface area contributed by atoms with Crippen LogP contribution >= 0.6 is 11.6 Å². The average Bonchev–Trinajstić information content (AvgIpc) is 3.22. The van der Waals surface area contributed by atoms with Crippen LogP contribution in [0.5, 0.6) is 5.75 Å².